The standard InChI is InChI=1S/C15H8F5NO3S/c1-24-7-2-4-8(5-3-7)25-10(21(22)23)6-9-11(16)13(18)15(20)14(19)12(9)17/h2-6H,1H3/b10-6+. The van der Waals surface area contributed by atoms with Gasteiger partial charge in [0, 0.05) is 11.0 Å². The van der Waals surface area contributed by atoms with Gasteiger partial charge in [0.2, 0.25) is 5.82 Å². The van der Waals surface area contributed by atoms with Gasteiger partial charge in [-0.3, -0.25) is 10.1 Å². The maximum Gasteiger partial charge on any atom is 0.308 e. The summed E-state index contributed by atoms with van der Waals surface area (Å²) in [5.41, 5.74) is -1.39. The molecular weight excluding hydrogens is 369 g/mol. The van der Waals surface area contributed by atoms with E-state index in [0.717, 1.165) is 0 Å². The van der Waals surface area contributed by atoms with E-state index in [1.165, 1.54) is 31.4 Å². The molecule has 0 heterocycles. The summed E-state index contributed by atoms with van der Waals surface area (Å²) in [5.74, 6) is -10.5. The lowest BCUT2D eigenvalue weighted by Crippen LogP contribution is -2.05. The molecule has 0 aliphatic carbocycles. The summed E-state index contributed by atoms with van der Waals surface area (Å²) in [6, 6.07) is 5.83. The normalized spacial score (nSPS) is 11.5. The van der Waals surface area contributed by atoms with Crippen molar-refractivity contribution in [3.63, 3.8) is 0 Å². The second-order valence-corrected chi connectivity index (χ2v) is 5.59. The van der Waals surface area contributed by atoms with Crippen LogP contribution >= 0.6 is 11.8 Å². The van der Waals surface area contributed by atoms with E-state index in [2.05, 4.69) is 0 Å². The van der Waals surface area contributed by atoms with E-state index in [4.69, 9.17) is 4.74 Å². The van der Waals surface area contributed by atoms with Crippen molar-refractivity contribution in [2.75, 3.05) is 7.11 Å². The van der Waals surface area contributed by atoms with E-state index in [-0.39, 0.29) is 0 Å². The zero-order chi connectivity index (χ0) is 18.7. The van der Waals surface area contributed by atoms with Crippen LogP contribution in [0.15, 0.2) is 34.2 Å². The summed E-state index contributed by atoms with van der Waals surface area (Å²) < 4.78 is 71.6. The number of benzene rings is 2. The van der Waals surface area contributed by atoms with Crippen molar-refractivity contribution < 1.29 is 31.6 Å². The summed E-state index contributed by atoms with van der Waals surface area (Å²) >= 11 is 0.479. The first-order valence-corrected chi connectivity index (χ1v) is 7.27. The van der Waals surface area contributed by atoms with Crippen LogP contribution in [-0.2, 0) is 0 Å². The molecule has 0 N–H and O–H groups in total. The summed E-state index contributed by atoms with van der Waals surface area (Å²) in [7, 11) is 1.41. The third kappa shape index (κ3) is 3.90. The largest absolute Gasteiger partial charge is 0.497 e. The highest BCUT2D eigenvalue weighted by molar-refractivity contribution is 8.03. The molecule has 0 amide bonds. The maximum atomic E-state index is 13.6. The smallest absolute Gasteiger partial charge is 0.308 e. The molecular formula is C15H8F5NO3S. The minimum atomic E-state index is -2.34. The zero-order valence-corrected chi connectivity index (χ0v) is 13.2. The third-order valence-corrected chi connectivity index (χ3v) is 3.96. The van der Waals surface area contributed by atoms with Crippen molar-refractivity contribution in [1.29, 1.82) is 0 Å². The van der Waals surface area contributed by atoms with Crippen LogP contribution in [0.2, 0.25) is 0 Å². The highest BCUT2D eigenvalue weighted by atomic mass is 32.2. The number of thioether (sulfide) groups is 1. The summed E-state index contributed by atoms with van der Waals surface area (Å²) in [6.07, 6.45) is 0.297. The van der Waals surface area contributed by atoms with Gasteiger partial charge in [-0.15, -0.1) is 0 Å². The van der Waals surface area contributed by atoms with Gasteiger partial charge in [-0.2, -0.15) is 0 Å². The molecule has 0 fully saturated rings. The van der Waals surface area contributed by atoms with Gasteiger partial charge in [0.05, 0.1) is 17.6 Å². The van der Waals surface area contributed by atoms with Gasteiger partial charge in [0.15, 0.2) is 23.3 Å². The number of hydrogen-bond acceptors (Lipinski definition) is 4. The number of halogens is 5. The van der Waals surface area contributed by atoms with Gasteiger partial charge in [-0.25, -0.2) is 22.0 Å². The molecule has 0 bridgehead atoms. The SMILES string of the molecule is COc1ccc(S/C(=C/c2c(F)c(F)c(F)c(F)c2F)[N+](=O)[O-])cc1. The molecule has 2 aromatic rings. The molecule has 4 nitrogen and oxygen atoms in total. The highest BCUT2D eigenvalue weighted by Gasteiger charge is 2.27. The Morgan fingerprint density at radius 3 is 1.92 bits per heavy atom. The van der Waals surface area contributed by atoms with Crippen LogP contribution in [-0.4, -0.2) is 12.0 Å². The molecule has 25 heavy (non-hydrogen) atoms. The van der Waals surface area contributed by atoms with E-state index in [9.17, 15) is 32.1 Å². The van der Waals surface area contributed by atoms with Crippen LogP contribution in [0.4, 0.5) is 22.0 Å². The Balaban J connectivity index is 2.49. The molecule has 0 aromatic heterocycles. The van der Waals surface area contributed by atoms with E-state index < -0.39 is 44.6 Å². The van der Waals surface area contributed by atoms with Gasteiger partial charge < -0.3 is 4.74 Å². The van der Waals surface area contributed by atoms with Crippen LogP contribution in [0.1, 0.15) is 5.56 Å². The van der Waals surface area contributed by atoms with E-state index in [1.54, 1.807) is 0 Å². The number of nitro groups is 1. The number of hydrogen-bond donors (Lipinski definition) is 0. The van der Waals surface area contributed by atoms with Crippen LogP contribution in [0.25, 0.3) is 6.08 Å². The van der Waals surface area contributed by atoms with Crippen LogP contribution in [0, 0.1) is 39.2 Å². The van der Waals surface area contributed by atoms with Crippen molar-refractivity contribution in [2.24, 2.45) is 0 Å². The fourth-order valence-electron chi connectivity index (χ4n) is 1.76. The lowest BCUT2D eigenvalue weighted by Gasteiger charge is -2.05. The minimum Gasteiger partial charge on any atom is -0.497 e. The number of nitrogens with zero attached hydrogens (tertiary/aromatic N) is 1. The maximum absolute atomic E-state index is 13.6. The van der Waals surface area contributed by atoms with Crippen molar-refractivity contribution >= 4 is 17.8 Å². The number of rotatable bonds is 5. The average molecular weight is 377 g/mol. The summed E-state index contributed by atoms with van der Waals surface area (Å²) in [5, 5.41) is 10.3. The molecule has 0 unspecified atom stereocenters. The van der Waals surface area contributed by atoms with Gasteiger partial charge in [0.25, 0.3) is 0 Å². The molecule has 0 radical (unpaired) electrons. The summed E-state index contributed by atoms with van der Waals surface area (Å²) in [4.78, 5) is 10.4. The first-order chi connectivity index (χ1) is 11.8. The average Bonchev–Trinajstić information content (AvgIpc) is 2.61. The highest BCUT2D eigenvalue weighted by Crippen LogP contribution is 2.32. The second-order valence-electron chi connectivity index (χ2n) is 4.50. The van der Waals surface area contributed by atoms with Crippen LogP contribution in [0.3, 0.4) is 0 Å². The fourth-order valence-corrected chi connectivity index (χ4v) is 2.52. The van der Waals surface area contributed by atoms with Crippen LogP contribution in [0.5, 0.6) is 5.75 Å². The molecule has 0 spiro atoms. The zero-order valence-electron chi connectivity index (χ0n) is 12.4. The molecule has 0 atom stereocenters. The van der Waals surface area contributed by atoms with Crippen molar-refractivity contribution in [3.8, 4) is 5.75 Å². The fraction of sp³-hybridized carbons (Fsp3) is 0.0667. The quantitative estimate of drug-likeness (QED) is 0.188. The lowest BCUT2D eigenvalue weighted by molar-refractivity contribution is -0.408. The van der Waals surface area contributed by atoms with Crippen molar-refractivity contribution in [1.82, 2.24) is 0 Å². The third-order valence-electron chi connectivity index (χ3n) is 2.97. The topological polar surface area (TPSA) is 52.4 Å². The molecule has 2 rings (SSSR count). The Morgan fingerprint density at radius 1 is 1.00 bits per heavy atom. The lowest BCUT2D eigenvalue weighted by atomic mass is 10.1. The van der Waals surface area contributed by atoms with E-state index >= 15 is 0 Å². The first kappa shape index (κ1) is 18.7. The van der Waals surface area contributed by atoms with E-state index in [0.29, 0.717) is 28.5 Å². The Labute approximate surface area is 142 Å². The Hall–Kier alpha value is -2.62. The number of ether oxygens (including phenoxy) is 1. The predicted octanol–water partition coefficient (Wildman–Crippen LogP) is 4.76. The molecule has 0 aliphatic heterocycles. The van der Waals surface area contributed by atoms with Gasteiger partial charge in [0.1, 0.15) is 5.75 Å². The Kier molecular flexibility index (Phi) is 5.62. The molecule has 132 valence electrons. The molecule has 10 heteroatoms. The molecule has 0 aliphatic rings. The van der Waals surface area contributed by atoms with Gasteiger partial charge >= 0.3 is 5.03 Å². The van der Waals surface area contributed by atoms with Crippen LogP contribution < -0.4 is 4.74 Å². The molecule has 0 saturated carbocycles. The van der Waals surface area contributed by atoms with Gasteiger partial charge in [-0.05, 0) is 36.0 Å². The first-order valence-electron chi connectivity index (χ1n) is 6.45. The molecule has 2 aromatic carbocycles. The summed E-state index contributed by atoms with van der Waals surface area (Å²) in [6.45, 7) is 0. The Bertz CT molecular complexity index is 826. The minimum absolute atomic E-state index is 0.297. The van der Waals surface area contributed by atoms with Crippen molar-refractivity contribution in [3.05, 3.63) is 74.1 Å². The molecule has 0 saturated heterocycles. The second kappa shape index (κ2) is 7.51. The van der Waals surface area contributed by atoms with Gasteiger partial charge in [-0.1, -0.05) is 0 Å². The van der Waals surface area contributed by atoms with Crippen molar-refractivity contribution in [2.45, 2.75) is 4.90 Å². The Morgan fingerprint density at radius 2 is 1.48 bits per heavy atom. The number of methoxy groups -OCH3 is 1. The monoisotopic (exact) mass is 377 g/mol. The van der Waals surface area contributed by atoms with E-state index in [1.807, 2.05) is 0 Å². The predicted molar refractivity (Wildman–Crippen MR) is 80.1 cm³/mol.